The number of amides is 2. The first-order valence-electron chi connectivity index (χ1n) is 14.0. The fourth-order valence-electron chi connectivity index (χ4n) is 6.16. The largest absolute Gasteiger partial charge is 0.482 e. The van der Waals surface area contributed by atoms with Gasteiger partial charge in [-0.05, 0) is 69.7 Å². The molecule has 4 aromatic heterocycles. The predicted octanol–water partition coefficient (Wildman–Crippen LogP) is 4.52. The maximum absolute atomic E-state index is 13.8. The summed E-state index contributed by atoms with van der Waals surface area (Å²) in [6.45, 7) is 7.70. The summed E-state index contributed by atoms with van der Waals surface area (Å²) in [5.41, 5.74) is 6.06. The molecular weight excluding hydrogens is 492 g/mol. The van der Waals surface area contributed by atoms with Gasteiger partial charge in [-0.25, -0.2) is 9.97 Å². The number of nitrogens with zero attached hydrogens (tertiary/aromatic N) is 5. The van der Waals surface area contributed by atoms with Crippen LogP contribution in [0.5, 0.6) is 5.88 Å². The van der Waals surface area contributed by atoms with Crippen molar-refractivity contribution in [2.45, 2.75) is 71.5 Å². The number of methoxy groups -OCH3 is 1. The molecule has 5 heterocycles. The molecule has 2 amide bonds. The van der Waals surface area contributed by atoms with Crippen LogP contribution in [0.3, 0.4) is 0 Å². The molecule has 1 aliphatic heterocycles. The molecule has 0 radical (unpaired) electrons. The SMILES string of the molecule is CCCC1C(NC=O)CCN1C(=O)c1cc(OC)n2c(C)c(-c3cc4ccc(C)nc4n3CC3CC3)nc2c1. The summed E-state index contributed by atoms with van der Waals surface area (Å²) in [5, 5.41) is 4.01. The van der Waals surface area contributed by atoms with Crippen LogP contribution in [0.1, 0.15) is 60.8 Å². The Morgan fingerprint density at radius 3 is 2.69 bits per heavy atom. The molecule has 0 spiro atoms. The molecule has 0 bridgehead atoms. The van der Waals surface area contributed by atoms with Gasteiger partial charge in [0.15, 0.2) is 5.88 Å². The molecule has 0 aromatic carbocycles. The first kappa shape index (κ1) is 25.4. The fourth-order valence-corrected chi connectivity index (χ4v) is 6.16. The zero-order valence-electron chi connectivity index (χ0n) is 23.1. The normalized spacial score (nSPS) is 19.2. The monoisotopic (exact) mass is 528 g/mol. The van der Waals surface area contributed by atoms with Crippen LogP contribution in [0.2, 0.25) is 0 Å². The van der Waals surface area contributed by atoms with E-state index in [1.54, 1.807) is 7.11 Å². The standard InChI is InChI=1S/C30H36N6O3/c1-5-6-24-23(31-17-37)11-12-34(24)30(38)22-14-26-33-28(19(3)36(26)27(15-22)39-4)25-13-21-10-7-18(2)32-29(21)35(25)16-20-8-9-20/h7,10,13-15,17,20,23-24H,5-6,8-9,11-12,16H2,1-4H3,(H,31,37). The molecular formula is C30H36N6O3. The number of imidazole rings is 1. The number of ether oxygens (including phenoxy) is 1. The van der Waals surface area contributed by atoms with E-state index in [2.05, 4.69) is 28.9 Å². The van der Waals surface area contributed by atoms with Crippen molar-refractivity contribution < 1.29 is 14.3 Å². The summed E-state index contributed by atoms with van der Waals surface area (Å²) in [6, 6.07) is 9.97. The number of likely N-dealkylation sites (tertiary alicyclic amines) is 1. The van der Waals surface area contributed by atoms with Crippen LogP contribution >= 0.6 is 0 Å². The van der Waals surface area contributed by atoms with E-state index in [-0.39, 0.29) is 18.0 Å². The third-order valence-electron chi connectivity index (χ3n) is 8.31. The number of pyridine rings is 2. The number of aryl methyl sites for hydroxylation is 2. The molecule has 2 aliphatic rings. The average Bonchev–Trinajstić information content (AvgIpc) is 3.45. The molecule has 1 saturated heterocycles. The van der Waals surface area contributed by atoms with Crippen molar-refractivity contribution in [1.82, 2.24) is 29.2 Å². The lowest BCUT2D eigenvalue weighted by atomic mass is 10.0. The van der Waals surface area contributed by atoms with Gasteiger partial charge in [-0.2, -0.15) is 0 Å². The summed E-state index contributed by atoms with van der Waals surface area (Å²) in [5.74, 6) is 1.18. The third kappa shape index (κ3) is 4.43. The predicted molar refractivity (Wildman–Crippen MR) is 150 cm³/mol. The Balaban J connectivity index is 1.44. The second-order valence-electron chi connectivity index (χ2n) is 11.0. The van der Waals surface area contributed by atoms with E-state index in [0.717, 1.165) is 66.0 Å². The average molecular weight is 529 g/mol. The highest BCUT2D eigenvalue weighted by molar-refractivity contribution is 5.96. The van der Waals surface area contributed by atoms with E-state index in [1.165, 1.54) is 12.8 Å². The lowest BCUT2D eigenvalue weighted by molar-refractivity contribution is -0.110. The number of hydrogen-bond donors (Lipinski definition) is 1. The Bertz CT molecular complexity index is 1570. The number of carbonyl (C=O) groups excluding carboxylic acids is 2. The van der Waals surface area contributed by atoms with Gasteiger partial charge in [0.1, 0.15) is 17.0 Å². The van der Waals surface area contributed by atoms with Crippen LogP contribution in [-0.2, 0) is 11.3 Å². The van der Waals surface area contributed by atoms with Gasteiger partial charge in [0.2, 0.25) is 6.41 Å². The van der Waals surface area contributed by atoms with Gasteiger partial charge in [-0.15, -0.1) is 0 Å². The maximum Gasteiger partial charge on any atom is 0.254 e. The van der Waals surface area contributed by atoms with E-state index in [1.807, 2.05) is 41.3 Å². The number of nitrogens with one attached hydrogen (secondary N) is 1. The van der Waals surface area contributed by atoms with Gasteiger partial charge in [0, 0.05) is 35.8 Å². The molecule has 9 nitrogen and oxygen atoms in total. The Hall–Kier alpha value is -3.88. The van der Waals surface area contributed by atoms with Crippen molar-refractivity contribution in [2.75, 3.05) is 13.7 Å². The summed E-state index contributed by atoms with van der Waals surface area (Å²) < 4.78 is 10.1. The molecule has 39 heavy (non-hydrogen) atoms. The van der Waals surface area contributed by atoms with Gasteiger partial charge in [0.25, 0.3) is 5.91 Å². The molecule has 204 valence electrons. The minimum atomic E-state index is -0.0609. The Morgan fingerprint density at radius 1 is 1.15 bits per heavy atom. The van der Waals surface area contributed by atoms with Crippen molar-refractivity contribution >= 4 is 29.0 Å². The molecule has 4 aromatic rings. The minimum Gasteiger partial charge on any atom is -0.482 e. The molecule has 2 atom stereocenters. The molecule has 2 fully saturated rings. The van der Waals surface area contributed by atoms with E-state index in [0.29, 0.717) is 29.6 Å². The highest BCUT2D eigenvalue weighted by atomic mass is 16.5. The van der Waals surface area contributed by atoms with Crippen LogP contribution in [0, 0.1) is 19.8 Å². The summed E-state index contributed by atoms with van der Waals surface area (Å²) in [6.07, 6.45) is 5.74. The minimum absolute atomic E-state index is 0.0251. The highest BCUT2D eigenvalue weighted by Crippen LogP contribution is 2.37. The van der Waals surface area contributed by atoms with Crippen LogP contribution in [0.4, 0.5) is 0 Å². The first-order valence-corrected chi connectivity index (χ1v) is 14.0. The lowest BCUT2D eigenvalue weighted by Gasteiger charge is -2.28. The van der Waals surface area contributed by atoms with Gasteiger partial charge in [-0.3, -0.25) is 14.0 Å². The number of aromatic nitrogens is 4. The van der Waals surface area contributed by atoms with Crippen LogP contribution < -0.4 is 10.1 Å². The zero-order valence-corrected chi connectivity index (χ0v) is 23.1. The third-order valence-corrected chi connectivity index (χ3v) is 8.31. The number of hydrogen-bond acceptors (Lipinski definition) is 5. The Labute approximate surface area is 228 Å². The van der Waals surface area contributed by atoms with Crippen LogP contribution in [0.25, 0.3) is 28.1 Å². The quantitative estimate of drug-likeness (QED) is 0.323. The summed E-state index contributed by atoms with van der Waals surface area (Å²) >= 11 is 0. The van der Waals surface area contributed by atoms with Crippen molar-refractivity contribution in [3.05, 3.63) is 47.3 Å². The molecule has 9 heteroatoms. The van der Waals surface area contributed by atoms with Gasteiger partial charge < -0.3 is 19.5 Å². The fraction of sp³-hybridized carbons (Fsp3) is 0.467. The molecule has 1 N–H and O–H groups in total. The number of fused-ring (bicyclic) bond motifs is 2. The van der Waals surface area contributed by atoms with Gasteiger partial charge in [0.05, 0.1) is 30.6 Å². The van der Waals surface area contributed by atoms with Crippen LogP contribution in [-0.4, -0.2) is 61.9 Å². The molecule has 2 unspecified atom stereocenters. The van der Waals surface area contributed by atoms with Crippen molar-refractivity contribution in [3.8, 4) is 17.3 Å². The lowest BCUT2D eigenvalue weighted by Crippen LogP contribution is -2.44. The second kappa shape index (κ2) is 10.0. The van der Waals surface area contributed by atoms with Crippen molar-refractivity contribution in [1.29, 1.82) is 0 Å². The smallest absolute Gasteiger partial charge is 0.254 e. The molecule has 1 saturated carbocycles. The second-order valence-corrected chi connectivity index (χ2v) is 11.0. The maximum atomic E-state index is 13.8. The van der Waals surface area contributed by atoms with E-state index in [9.17, 15) is 9.59 Å². The van der Waals surface area contributed by atoms with Crippen molar-refractivity contribution in [3.63, 3.8) is 0 Å². The molecule has 6 rings (SSSR count). The Kier molecular flexibility index (Phi) is 6.53. The summed E-state index contributed by atoms with van der Waals surface area (Å²) in [4.78, 5) is 36.8. The van der Waals surface area contributed by atoms with Crippen molar-refractivity contribution in [2.24, 2.45) is 5.92 Å². The first-order chi connectivity index (χ1) is 18.9. The van der Waals surface area contributed by atoms with Crippen LogP contribution in [0.15, 0.2) is 30.3 Å². The van der Waals surface area contributed by atoms with E-state index < -0.39 is 0 Å². The topological polar surface area (TPSA) is 93.8 Å². The Morgan fingerprint density at radius 2 is 1.97 bits per heavy atom. The van der Waals surface area contributed by atoms with E-state index in [4.69, 9.17) is 14.7 Å². The van der Waals surface area contributed by atoms with E-state index >= 15 is 0 Å². The zero-order chi connectivity index (χ0) is 27.3. The number of carbonyl (C=O) groups is 2. The van der Waals surface area contributed by atoms with Gasteiger partial charge in [-0.1, -0.05) is 13.3 Å². The van der Waals surface area contributed by atoms with Gasteiger partial charge >= 0.3 is 0 Å². The highest BCUT2D eigenvalue weighted by Gasteiger charge is 2.37. The summed E-state index contributed by atoms with van der Waals surface area (Å²) in [7, 11) is 1.62. The number of rotatable bonds is 9. The molecule has 1 aliphatic carbocycles.